The number of carbonyl (C=O) groups is 2. The van der Waals surface area contributed by atoms with Gasteiger partial charge in [-0.05, 0) is 38.3 Å². The number of hydrogen-bond acceptors (Lipinski definition) is 3. The number of ketones is 2. The quantitative estimate of drug-likeness (QED) is 0.381. The Kier molecular flexibility index (Phi) is 8.35. The Morgan fingerprint density at radius 1 is 1.05 bits per heavy atom. The number of unbranched alkanes of at least 4 members (excludes halogenated alkanes) is 5. The van der Waals surface area contributed by atoms with E-state index in [0.717, 1.165) is 43.6 Å². The minimum Gasteiger partial charge on any atom is -0.380 e. The molecule has 1 rings (SSSR count). The highest BCUT2D eigenvalue weighted by atomic mass is 32.1. The van der Waals surface area contributed by atoms with Crippen LogP contribution in [0.1, 0.15) is 58.3 Å². The van der Waals surface area contributed by atoms with E-state index in [2.05, 4.69) is 12.2 Å². The molecule has 0 fully saturated rings. The molecule has 0 atom stereocenters. The molecule has 0 aromatic rings. The maximum atomic E-state index is 11.4. The standard InChI is InChI=1S/C16H25NO2S/c1-2-17-16(20)10-8-6-4-3-5-7-9-13-14(18)11-12-15(13)19/h11-13H,2-10H2,1H3,(H,17,20). The normalized spacial score (nSPS) is 15.1. The Balaban J connectivity index is 1.92. The molecular formula is C16H25NO2S. The van der Waals surface area contributed by atoms with Gasteiger partial charge in [0.05, 0.1) is 10.9 Å². The first-order valence-corrected chi connectivity index (χ1v) is 8.08. The summed E-state index contributed by atoms with van der Waals surface area (Å²) in [6, 6.07) is 0. The Morgan fingerprint density at radius 3 is 2.20 bits per heavy atom. The number of thiocarbonyl (C=S) groups is 1. The van der Waals surface area contributed by atoms with E-state index in [-0.39, 0.29) is 17.5 Å². The number of nitrogens with one attached hydrogen (secondary N) is 1. The van der Waals surface area contributed by atoms with E-state index < -0.39 is 0 Å². The summed E-state index contributed by atoms with van der Waals surface area (Å²) in [5, 5.41) is 3.16. The van der Waals surface area contributed by atoms with Gasteiger partial charge in [-0.15, -0.1) is 0 Å². The lowest BCUT2D eigenvalue weighted by molar-refractivity contribution is -0.126. The van der Waals surface area contributed by atoms with Crippen LogP contribution in [0, 0.1) is 5.92 Å². The van der Waals surface area contributed by atoms with Crippen molar-refractivity contribution in [2.75, 3.05) is 6.54 Å². The summed E-state index contributed by atoms with van der Waals surface area (Å²) >= 11 is 5.18. The average molecular weight is 295 g/mol. The van der Waals surface area contributed by atoms with Crippen molar-refractivity contribution in [3.63, 3.8) is 0 Å². The van der Waals surface area contributed by atoms with Crippen molar-refractivity contribution < 1.29 is 9.59 Å². The summed E-state index contributed by atoms with van der Waals surface area (Å²) < 4.78 is 0. The zero-order valence-electron chi connectivity index (χ0n) is 12.3. The lowest BCUT2D eigenvalue weighted by Gasteiger charge is -2.07. The van der Waals surface area contributed by atoms with Crippen molar-refractivity contribution >= 4 is 28.8 Å². The molecule has 0 aromatic heterocycles. The van der Waals surface area contributed by atoms with Gasteiger partial charge in [0, 0.05) is 6.54 Å². The van der Waals surface area contributed by atoms with Crippen LogP contribution in [-0.4, -0.2) is 23.1 Å². The van der Waals surface area contributed by atoms with Gasteiger partial charge in [-0.2, -0.15) is 0 Å². The van der Waals surface area contributed by atoms with E-state index >= 15 is 0 Å². The van der Waals surface area contributed by atoms with Crippen LogP contribution in [0.2, 0.25) is 0 Å². The van der Waals surface area contributed by atoms with Crippen molar-refractivity contribution in [2.45, 2.75) is 58.3 Å². The molecule has 0 saturated carbocycles. The largest absolute Gasteiger partial charge is 0.380 e. The second kappa shape index (κ2) is 9.81. The van der Waals surface area contributed by atoms with Gasteiger partial charge in [0.25, 0.3) is 0 Å². The van der Waals surface area contributed by atoms with Crippen LogP contribution in [0.15, 0.2) is 12.2 Å². The van der Waals surface area contributed by atoms with Crippen molar-refractivity contribution in [1.82, 2.24) is 5.32 Å². The third-order valence-electron chi connectivity index (χ3n) is 3.62. The fourth-order valence-electron chi connectivity index (χ4n) is 2.45. The van der Waals surface area contributed by atoms with Crippen LogP contribution in [0.4, 0.5) is 0 Å². The second-order valence-corrected chi connectivity index (χ2v) is 5.80. The van der Waals surface area contributed by atoms with Crippen LogP contribution in [-0.2, 0) is 9.59 Å². The molecule has 20 heavy (non-hydrogen) atoms. The number of rotatable bonds is 10. The van der Waals surface area contributed by atoms with E-state index in [1.54, 1.807) is 0 Å². The van der Waals surface area contributed by atoms with Gasteiger partial charge in [0.2, 0.25) is 0 Å². The third kappa shape index (κ3) is 6.42. The molecule has 0 radical (unpaired) electrons. The minimum absolute atomic E-state index is 0.00747. The summed E-state index contributed by atoms with van der Waals surface area (Å²) in [4.78, 5) is 23.7. The molecule has 1 aliphatic carbocycles. The lowest BCUT2D eigenvalue weighted by Crippen LogP contribution is -2.20. The summed E-state index contributed by atoms with van der Waals surface area (Å²) in [5.41, 5.74) is 0. The SMILES string of the molecule is CCNC(=S)CCCCCCCCC1C(=O)C=CC1=O. The molecule has 0 amide bonds. The molecule has 0 aromatic carbocycles. The van der Waals surface area contributed by atoms with Crippen LogP contribution in [0.25, 0.3) is 0 Å². The van der Waals surface area contributed by atoms with Crippen molar-refractivity contribution in [3.05, 3.63) is 12.2 Å². The van der Waals surface area contributed by atoms with E-state index in [1.807, 2.05) is 0 Å². The van der Waals surface area contributed by atoms with Gasteiger partial charge in [0.1, 0.15) is 0 Å². The lowest BCUT2D eigenvalue weighted by atomic mass is 9.96. The van der Waals surface area contributed by atoms with Crippen molar-refractivity contribution in [2.24, 2.45) is 5.92 Å². The van der Waals surface area contributed by atoms with Gasteiger partial charge >= 0.3 is 0 Å². The molecule has 0 saturated heterocycles. The van der Waals surface area contributed by atoms with Gasteiger partial charge in [0.15, 0.2) is 11.6 Å². The Labute approximate surface area is 127 Å². The van der Waals surface area contributed by atoms with E-state index in [4.69, 9.17) is 12.2 Å². The number of hydrogen-bond donors (Lipinski definition) is 1. The van der Waals surface area contributed by atoms with Crippen LogP contribution in [0.3, 0.4) is 0 Å². The zero-order valence-corrected chi connectivity index (χ0v) is 13.1. The fraction of sp³-hybridized carbons (Fsp3) is 0.688. The van der Waals surface area contributed by atoms with Crippen LogP contribution < -0.4 is 5.32 Å². The van der Waals surface area contributed by atoms with E-state index in [1.165, 1.54) is 31.4 Å². The molecule has 1 aliphatic rings. The highest BCUT2D eigenvalue weighted by molar-refractivity contribution is 7.80. The summed E-state index contributed by atoms with van der Waals surface area (Å²) in [6.07, 6.45) is 11.4. The fourth-order valence-corrected chi connectivity index (χ4v) is 2.74. The Morgan fingerprint density at radius 2 is 1.60 bits per heavy atom. The monoisotopic (exact) mass is 295 g/mol. The first-order chi connectivity index (χ1) is 9.65. The van der Waals surface area contributed by atoms with E-state index in [9.17, 15) is 9.59 Å². The molecule has 3 nitrogen and oxygen atoms in total. The Hall–Kier alpha value is -1.03. The summed E-state index contributed by atoms with van der Waals surface area (Å²) in [5.74, 6) is -0.383. The van der Waals surface area contributed by atoms with Crippen molar-refractivity contribution in [1.29, 1.82) is 0 Å². The summed E-state index contributed by atoms with van der Waals surface area (Å²) in [6.45, 7) is 2.97. The topological polar surface area (TPSA) is 46.2 Å². The molecular weight excluding hydrogens is 270 g/mol. The average Bonchev–Trinajstić information content (AvgIpc) is 2.73. The maximum Gasteiger partial charge on any atom is 0.166 e. The predicted octanol–water partition coefficient (Wildman–Crippen LogP) is 3.37. The van der Waals surface area contributed by atoms with Crippen molar-refractivity contribution in [3.8, 4) is 0 Å². The molecule has 0 unspecified atom stereocenters. The van der Waals surface area contributed by atoms with Gasteiger partial charge < -0.3 is 5.32 Å². The number of carbonyl (C=O) groups excluding carboxylic acids is 2. The molecule has 4 heteroatoms. The molecule has 1 N–H and O–H groups in total. The summed E-state index contributed by atoms with van der Waals surface area (Å²) in [7, 11) is 0. The van der Waals surface area contributed by atoms with Crippen LogP contribution >= 0.6 is 12.2 Å². The maximum absolute atomic E-state index is 11.4. The van der Waals surface area contributed by atoms with Gasteiger partial charge in [-0.1, -0.05) is 44.3 Å². The molecule has 0 aliphatic heterocycles. The predicted molar refractivity (Wildman–Crippen MR) is 85.9 cm³/mol. The van der Waals surface area contributed by atoms with Crippen LogP contribution in [0.5, 0.6) is 0 Å². The highest BCUT2D eigenvalue weighted by Gasteiger charge is 2.26. The third-order valence-corrected chi connectivity index (χ3v) is 3.97. The minimum atomic E-state index is -0.368. The Bertz CT molecular complexity index is 359. The zero-order chi connectivity index (χ0) is 14.8. The second-order valence-electron chi connectivity index (χ2n) is 5.30. The van der Waals surface area contributed by atoms with Gasteiger partial charge in [-0.25, -0.2) is 0 Å². The molecule has 0 bridgehead atoms. The van der Waals surface area contributed by atoms with E-state index in [0.29, 0.717) is 0 Å². The molecule has 112 valence electrons. The smallest absolute Gasteiger partial charge is 0.166 e. The first kappa shape index (κ1) is 17.0. The number of allylic oxidation sites excluding steroid dienone is 2. The molecule has 0 spiro atoms. The van der Waals surface area contributed by atoms with Gasteiger partial charge in [-0.3, -0.25) is 9.59 Å². The highest BCUT2D eigenvalue weighted by Crippen LogP contribution is 2.19. The molecule has 0 heterocycles. The first-order valence-electron chi connectivity index (χ1n) is 7.67.